The molecule has 0 aliphatic carbocycles. The zero-order chi connectivity index (χ0) is 24.0. The first kappa shape index (κ1) is 22.1. The van der Waals surface area contributed by atoms with Crippen LogP contribution in [0.4, 0.5) is 27.8 Å². The van der Waals surface area contributed by atoms with E-state index in [-0.39, 0.29) is 24.1 Å². The maximum atomic E-state index is 14.5. The van der Waals surface area contributed by atoms with Crippen molar-refractivity contribution in [3.8, 4) is 17.4 Å². The summed E-state index contributed by atoms with van der Waals surface area (Å²) < 4.78 is 84.7. The van der Waals surface area contributed by atoms with Gasteiger partial charge in [0.15, 0.2) is 17.4 Å². The quantitative estimate of drug-likeness (QED) is 0.516. The van der Waals surface area contributed by atoms with Crippen molar-refractivity contribution in [3.05, 3.63) is 69.9 Å². The summed E-state index contributed by atoms with van der Waals surface area (Å²) in [6, 6.07) is 4.97. The van der Waals surface area contributed by atoms with Gasteiger partial charge in [-0.25, -0.2) is 13.6 Å². The maximum absolute atomic E-state index is 14.5. The standard InChI is InChI=1S/C21H15F5N4O4/c22-14-3-11(4-15(23)19(14)34-13-1-2-27-16(5-13)21(24,25)26)8-33-17-6-18-29(20(31)28-17)7-12-9-32-10-30(12)18/h1-6,12H,7-10H2. The highest BCUT2D eigenvalue weighted by Crippen LogP contribution is 2.34. The number of nitrogens with zero attached hydrogens (tertiary/aromatic N) is 4. The molecule has 1 saturated heterocycles. The van der Waals surface area contributed by atoms with E-state index in [1.165, 1.54) is 4.57 Å². The fourth-order valence-corrected chi connectivity index (χ4v) is 3.75. The van der Waals surface area contributed by atoms with E-state index in [2.05, 4.69) is 9.97 Å². The Morgan fingerprint density at radius 1 is 1.15 bits per heavy atom. The van der Waals surface area contributed by atoms with E-state index in [9.17, 15) is 26.7 Å². The van der Waals surface area contributed by atoms with E-state index >= 15 is 0 Å². The van der Waals surface area contributed by atoms with Crippen molar-refractivity contribution in [1.29, 1.82) is 0 Å². The molecule has 0 saturated carbocycles. The SMILES string of the molecule is O=c1nc(OCc2cc(F)c(Oc3ccnc(C(F)(F)F)c3)c(F)c2)cc2n1CC1COCN21. The lowest BCUT2D eigenvalue weighted by atomic mass is 10.2. The topological polar surface area (TPSA) is 78.7 Å². The van der Waals surface area contributed by atoms with Crippen LogP contribution in [-0.4, -0.2) is 33.9 Å². The van der Waals surface area contributed by atoms with Gasteiger partial charge in [-0.1, -0.05) is 0 Å². The molecule has 1 atom stereocenters. The minimum absolute atomic E-state index is 0.0265. The first-order valence-electron chi connectivity index (χ1n) is 9.97. The highest BCUT2D eigenvalue weighted by atomic mass is 19.4. The lowest BCUT2D eigenvalue weighted by Gasteiger charge is -2.15. The number of hydrogen-bond donors (Lipinski definition) is 0. The summed E-state index contributed by atoms with van der Waals surface area (Å²) in [6.45, 7) is 0.938. The molecule has 0 bridgehead atoms. The molecule has 5 rings (SSSR count). The molecule has 1 fully saturated rings. The number of pyridine rings is 1. The van der Waals surface area contributed by atoms with Crippen LogP contribution in [0.1, 0.15) is 11.3 Å². The van der Waals surface area contributed by atoms with Crippen LogP contribution in [0.3, 0.4) is 0 Å². The molecule has 8 nitrogen and oxygen atoms in total. The number of halogens is 5. The third kappa shape index (κ3) is 4.14. The number of hydrogen-bond acceptors (Lipinski definition) is 7. The van der Waals surface area contributed by atoms with E-state index in [1.807, 2.05) is 4.90 Å². The molecule has 4 heterocycles. The van der Waals surface area contributed by atoms with Gasteiger partial charge in [-0.05, 0) is 23.8 Å². The van der Waals surface area contributed by atoms with E-state index in [4.69, 9.17) is 14.2 Å². The summed E-state index contributed by atoms with van der Waals surface area (Å²) in [4.78, 5) is 21.2. The van der Waals surface area contributed by atoms with Gasteiger partial charge in [-0.2, -0.15) is 18.2 Å². The summed E-state index contributed by atoms with van der Waals surface area (Å²) in [7, 11) is 0. The molecule has 13 heteroatoms. The Hall–Kier alpha value is -3.74. The van der Waals surface area contributed by atoms with Crippen LogP contribution >= 0.6 is 0 Å². The number of ether oxygens (including phenoxy) is 3. The molecule has 2 aliphatic heterocycles. The van der Waals surface area contributed by atoms with Crippen LogP contribution in [0.2, 0.25) is 0 Å². The zero-order valence-electron chi connectivity index (χ0n) is 17.2. The van der Waals surface area contributed by atoms with Gasteiger partial charge < -0.3 is 19.1 Å². The third-order valence-electron chi connectivity index (χ3n) is 5.32. The predicted octanol–water partition coefficient (Wildman–Crippen LogP) is 3.48. The Kier molecular flexibility index (Phi) is 5.35. The van der Waals surface area contributed by atoms with Gasteiger partial charge in [-0.15, -0.1) is 0 Å². The zero-order valence-corrected chi connectivity index (χ0v) is 17.2. The van der Waals surface area contributed by atoms with Crippen molar-refractivity contribution in [2.24, 2.45) is 0 Å². The average Bonchev–Trinajstić information content (AvgIpc) is 3.37. The Morgan fingerprint density at radius 2 is 1.91 bits per heavy atom. The molecule has 0 amide bonds. The molecule has 0 spiro atoms. The Morgan fingerprint density at radius 3 is 2.65 bits per heavy atom. The van der Waals surface area contributed by atoms with E-state index < -0.39 is 40.7 Å². The lowest BCUT2D eigenvalue weighted by Crippen LogP contribution is -2.26. The number of benzene rings is 1. The Labute approximate surface area is 188 Å². The highest BCUT2D eigenvalue weighted by molar-refractivity contribution is 5.47. The number of anilines is 1. The first-order chi connectivity index (χ1) is 16.2. The number of fused-ring (bicyclic) bond motifs is 3. The van der Waals surface area contributed by atoms with Crippen molar-refractivity contribution in [2.75, 3.05) is 18.2 Å². The van der Waals surface area contributed by atoms with Gasteiger partial charge in [0, 0.05) is 18.3 Å². The van der Waals surface area contributed by atoms with E-state index in [0.29, 0.717) is 31.8 Å². The highest BCUT2D eigenvalue weighted by Gasteiger charge is 2.35. The van der Waals surface area contributed by atoms with E-state index in [1.54, 1.807) is 6.07 Å². The molecule has 2 aromatic heterocycles. The molecule has 2 aliphatic rings. The summed E-state index contributed by atoms with van der Waals surface area (Å²) >= 11 is 0. The minimum Gasteiger partial charge on any atom is -0.473 e. The van der Waals surface area contributed by atoms with Gasteiger partial charge in [0.25, 0.3) is 0 Å². The second-order valence-corrected chi connectivity index (χ2v) is 7.62. The summed E-state index contributed by atoms with van der Waals surface area (Å²) in [6.07, 6.45) is -3.92. The maximum Gasteiger partial charge on any atom is 0.433 e. The van der Waals surface area contributed by atoms with Gasteiger partial charge >= 0.3 is 11.9 Å². The van der Waals surface area contributed by atoms with Gasteiger partial charge in [0.1, 0.15) is 30.6 Å². The molecular weight excluding hydrogens is 467 g/mol. The van der Waals surface area contributed by atoms with Crippen molar-refractivity contribution in [2.45, 2.75) is 25.4 Å². The Bertz CT molecular complexity index is 1290. The minimum atomic E-state index is -4.74. The fraction of sp³-hybridized carbons (Fsp3) is 0.286. The lowest BCUT2D eigenvalue weighted by molar-refractivity contribution is -0.141. The molecule has 1 unspecified atom stereocenters. The van der Waals surface area contributed by atoms with Crippen LogP contribution in [0.25, 0.3) is 0 Å². The average molecular weight is 482 g/mol. The number of rotatable bonds is 5. The number of aromatic nitrogens is 3. The first-order valence-corrected chi connectivity index (χ1v) is 9.97. The predicted molar refractivity (Wildman–Crippen MR) is 106 cm³/mol. The second-order valence-electron chi connectivity index (χ2n) is 7.62. The largest absolute Gasteiger partial charge is 0.473 e. The Balaban J connectivity index is 1.32. The molecule has 0 N–H and O–H groups in total. The van der Waals surface area contributed by atoms with Crippen molar-refractivity contribution >= 4 is 5.82 Å². The monoisotopic (exact) mass is 482 g/mol. The van der Waals surface area contributed by atoms with Crippen LogP contribution in [-0.2, 0) is 24.1 Å². The van der Waals surface area contributed by atoms with E-state index in [0.717, 1.165) is 24.4 Å². The molecule has 0 radical (unpaired) electrons. The van der Waals surface area contributed by atoms with Crippen molar-refractivity contribution in [3.63, 3.8) is 0 Å². The number of alkyl halides is 3. The van der Waals surface area contributed by atoms with Crippen LogP contribution < -0.4 is 20.1 Å². The van der Waals surface area contributed by atoms with Gasteiger partial charge in [0.05, 0.1) is 19.2 Å². The van der Waals surface area contributed by atoms with Crippen molar-refractivity contribution in [1.82, 2.24) is 14.5 Å². The van der Waals surface area contributed by atoms with Crippen molar-refractivity contribution < 1.29 is 36.2 Å². The summed E-state index contributed by atoms with van der Waals surface area (Å²) in [5.41, 5.74) is -1.73. The van der Waals surface area contributed by atoms with Crippen LogP contribution in [0.5, 0.6) is 17.4 Å². The normalized spacial score (nSPS) is 17.0. The van der Waals surface area contributed by atoms with Crippen LogP contribution in [0, 0.1) is 11.6 Å². The summed E-state index contributed by atoms with van der Waals surface area (Å²) in [5, 5.41) is 0. The third-order valence-corrected chi connectivity index (χ3v) is 5.32. The second kappa shape index (κ2) is 8.24. The summed E-state index contributed by atoms with van der Waals surface area (Å²) in [5.74, 6) is -3.06. The molecular formula is C21H15F5N4O4. The molecule has 1 aromatic carbocycles. The van der Waals surface area contributed by atoms with Crippen LogP contribution in [0.15, 0.2) is 41.3 Å². The molecule has 178 valence electrons. The van der Waals surface area contributed by atoms with Gasteiger partial charge in [-0.3, -0.25) is 9.55 Å². The smallest absolute Gasteiger partial charge is 0.433 e. The molecule has 3 aromatic rings. The fourth-order valence-electron chi connectivity index (χ4n) is 3.75. The van der Waals surface area contributed by atoms with Gasteiger partial charge in [0.2, 0.25) is 5.88 Å². The molecule has 34 heavy (non-hydrogen) atoms.